The molecule has 1 saturated heterocycles. The number of nitro groups is 1. The molecular weight excluding hydrogens is 382 g/mol. The zero-order chi connectivity index (χ0) is 21.6. The summed E-state index contributed by atoms with van der Waals surface area (Å²) in [6.07, 6.45) is 3.80. The van der Waals surface area contributed by atoms with Crippen molar-refractivity contribution >= 4 is 23.1 Å². The maximum atomic E-state index is 12.3. The molecular formula is C23H29N3O4. The van der Waals surface area contributed by atoms with Gasteiger partial charge in [-0.3, -0.25) is 10.1 Å². The summed E-state index contributed by atoms with van der Waals surface area (Å²) in [5.41, 5.74) is 2.85. The Bertz CT molecular complexity index is 1020. The molecule has 7 heteroatoms. The molecule has 2 aromatic rings. The fourth-order valence-electron chi connectivity index (χ4n) is 4.00. The van der Waals surface area contributed by atoms with E-state index >= 15 is 0 Å². The Hall–Kier alpha value is -2.83. The summed E-state index contributed by atoms with van der Waals surface area (Å²) in [6, 6.07) is 8.25. The van der Waals surface area contributed by atoms with E-state index in [0.29, 0.717) is 19.0 Å². The first-order chi connectivity index (χ1) is 14.1. The molecule has 0 spiro atoms. The Kier molecular flexibility index (Phi) is 5.08. The van der Waals surface area contributed by atoms with E-state index in [4.69, 9.17) is 4.74 Å². The monoisotopic (exact) mass is 411 g/mol. The molecule has 1 saturated carbocycles. The fraction of sp³-hybridized carbons (Fsp3) is 0.522. The van der Waals surface area contributed by atoms with Crippen molar-refractivity contribution in [3.63, 3.8) is 0 Å². The molecule has 7 nitrogen and oxygen atoms in total. The summed E-state index contributed by atoms with van der Waals surface area (Å²) in [5.74, 6) is 0.874. The highest BCUT2D eigenvalue weighted by Gasteiger charge is 2.36. The molecule has 2 heterocycles. The standard InChI is InChI=1S/C23H29N3O4/c1-15(26(28)29)10-19-11-17-6-5-7-20(21(17)25(19)12-16-8-9-16)18-13-24(14-18)22(27)30-23(2,3)4/h5-7,10-11,16,18H,8-9,12-14H2,1-4H3. The number of benzene rings is 1. The van der Waals surface area contributed by atoms with Gasteiger partial charge in [0, 0.05) is 49.6 Å². The minimum Gasteiger partial charge on any atom is -0.444 e. The molecule has 2 aliphatic rings. The smallest absolute Gasteiger partial charge is 0.410 e. The van der Waals surface area contributed by atoms with Gasteiger partial charge in [0.1, 0.15) is 5.60 Å². The van der Waals surface area contributed by atoms with Gasteiger partial charge in [0.2, 0.25) is 5.70 Å². The predicted molar refractivity (Wildman–Crippen MR) is 116 cm³/mol. The van der Waals surface area contributed by atoms with Crippen LogP contribution in [-0.4, -0.2) is 39.2 Å². The van der Waals surface area contributed by atoms with Gasteiger partial charge in [-0.1, -0.05) is 18.2 Å². The summed E-state index contributed by atoms with van der Waals surface area (Å²) in [6.45, 7) is 9.27. The van der Waals surface area contributed by atoms with Crippen LogP contribution in [0.15, 0.2) is 30.0 Å². The minimum atomic E-state index is -0.503. The molecule has 4 rings (SSSR count). The number of hydrogen-bond acceptors (Lipinski definition) is 4. The van der Waals surface area contributed by atoms with Crippen LogP contribution in [0.25, 0.3) is 17.0 Å². The zero-order valence-corrected chi connectivity index (χ0v) is 18.1. The summed E-state index contributed by atoms with van der Waals surface area (Å²) in [4.78, 5) is 24.9. The fourth-order valence-corrected chi connectivity index (χ4v) is 4.00. The zero-order valence-electron chi connectivity index (χ0n) is 18.1. The lowest BCUT2D eigenvalue weighted by Gasteiger charge is -2.40. The number of aromatic nitrogens is 1. The lowest BCUT2D eigenvalue weighted by atomic mass is 9.90. The topological polar surface area (TPSA) is 77.6 Å². The first-order valence-electron chi connectivity index (χ1n) is 10.5. The third kappa shape index (κ3) is 4.20. The van der Waals surface area contributed by atoms with Crippen LogP contribution >= 0.6 is 0 Å². The lowest BCUT2D eigenvalue weighted by molar-refractivity contribution is -0.422. The Morgan fingerprint density at radius 3 is 2.60 bits per heavy atom. The van der Waals surface area contributed by atoms with Crippen LogP contribution in [0.2, 0.25) is 0 Å². The summed E-state index contributed by atoms with van der Waals surface area (Å²) < 4.78 is 7.72. The molecule has 0 atom stereocenters. The van der Waals surface area contributed by atoms with E-state index in [1.165, 1.54) is 25.3 Å². The van der Waals surface area contributed by atoms with E-state index in [1.54, 1.807) is 11.0 Å². The second kappa shape index (κ2) is 7.45. The van der Waals surface area contributed by atoms with Crippen molar-refractivity contribution < 1.29 is 14.5 Å². The average Bonchev–Trinajstić information content (AvgIpc) is 3.34. The van der Waals surface area contributed by atoms with Gasteiger partial charge in [-0.15, -0.1) is 0 Å². The number of amides is 1. The third-order valence-corrected chi connectivity index (χ3v) is 5.74. The van der Waals surface area contributed by atoms with Crippen LogP contribution in [0.5, 0.6) is 0 Å². The molecule has 1 aliphatic carbocycles. The van der Waals surface area contributed by atoms with Crippen molar-refractivity contribution in [1.82, 2.24) is 9.47 Å². The first-order valence-corrected chi connectivity index (χ1v) is 10.5. The van der Waals surface area contributed by atoms with Crippen LogP contribution in [0, 0.1) is 16.0 Å². The van der Waals surface area contributed by atoms with Crippen LogP contribution < -0.4 is 0 Å². The molecule has 0 radical (unpaired) electrons. The lowest BCUT2D eigenvalue weighted by Crippen LogP contribution is -2.50. The normalized spacial score (nSPS) is 17.9. The van der Waals surface area contributed by atoms with E-state index in [-0.39, 0.29) is 22.6 Å². The number of carbonyl (C=O) groups excluding carboxylic acids is 1. The molecule has 0 unspecified atom stereocenters. The van der Waals surface area contributed by atoms with Gasteiger partial charge in [-0.25, -0.2) is 4.79 Å². The highest BCUT2D eigenvalue weighted by molar-refractivity contribution is 5.87. The van der Waals surface area contributed by atoms with Crippen LogP contribution in [0.3, 0.4) is 0 Å². The average molecular weight is 412 g/mol. The van der Waals surface area contributed by atoms with E-state index in [9.17, 15) is 14.9 Å². The second-order valence-corrected chi connectivity index (χ2v) is 9.53. The maximum Gasteiger partial charge on any atom is 0.410 e. The number of likely N-dealkylation sites (tertiary alicyclic amines) is 1. The maximum absolute atomic E-state index is 12.3. The first kappa shape index (κ1) is 20.4. The van der Waals surface area contributed by atoms with Crippen molar-refractivity contribution in [3.8, 4) is 0 Å². The summed E-state index contributed by atoms with van der Waals surface area (Å²) >= 11 is 0. The largest absolute Gasteiger partial charge is 0.444 e. The van der Waals surface area contributed by atoms with Crippen molar-refractivity contribution in [3.05, 3.63) is 51.3 Å². The molecule has 30 heavy (non-hydrogen) atoms. The molecule has 2 fully saturated rings. The van der Waals surface area contributed by atoms with Gasteiger partial charge < -0.3 is 14.2 Å². The van der Waals surface area contributed by atoms with Crippen LogP contribution in [0.4, 0.5) is 4.79 Å². The van der Waals surface area contributed by atoms with E-state index in [0.717, 1.165) is 23.1 Å². The molecule has 160 valence electrons. The molecule has 1 aliphatic heterocycles. The Morgan fingerprint density at radius 2 is 2.00 bits per heavy atom. The Balaban J connectivity index is 1.65. The second-order valence-electron chi connectivity index (χ2n) is 9.53. The van der Waals surface area contributed by atoms with E-state index in [2.05, 4.69) is 16.7 Å². The quantitative estimate of drug-likeness (QED) is 0.511. The number of para-hydroxylation sites is 1. The number of carbonyl (C=O) groups is 1. The third-order valence-electron chi connectivity index (χ3n) is 5.74. The highest BCUT2D eigenvalue weighted by Crippen LogP contribution is 2.38. The predicted octanol–water partition coefficient (Wildman–Crippen LogP) is 5.02. The van der Waals surface area contributed by atoms with Crippen LogP contribution in [-0.2, 0) is 11.3 Å². The van der Waals surface area contributed by atoms with Crippen molar-refractivity contribution in [1.29, 1.82) is 0 Å². The number of fused-ring (bicyclic) bond motifs is 1. The molecule has 1 aromatic carbocycles. The molecule has 1 aromatic heterocycles. The van der Waals surface area contributed by atoms with Gasteiger partial charge in [0.25, 0.3) is 0 Å². The highest BCUT2D eigenvalue weighted by atomic mass is 16.6. The minimum absolute atomic E-state index is 0.135. The van der Waals surface area contributed by atoms with Gasteiger partial charge >= 0.3 is 6.09 Å². The van der Waals surface area contributed by atoms with E-state index in [1.807, 2.05) is 32.9 Å². The number of nitrogens with zero attached hydrogens (tertiary/aromatic N) is 3. The van der Waals surface area contributed by atoms with Crippen LogP contribution in [0.1, 0.15) is 57.7 Å². The SMILES string of the molecule is CC(=Cc1cc2cccc(C3CN(C(=O)OC(C)(C)C)C3)c2n1CC1CC1)[N+](=O)[O-]. The summed E-state index contributed by atoms with van der Waals surface area (Å²) in [7, 11) is 0. The Labute approximate surface area is 176 Å². The number of hydrogen-bond donors (Lipinski definition) is 0. The molecule has 1 amide bonds. The number of rotatable bonds is 5. The van der Waals surface area contributed by atoms with Crippen molar-refractivity contribution in [2.45, 2.75) is 58.6 Å². The number of allylic oxidation sites excluding steroid dienone is 1. The molecule has 0 N–H and O–H groups in total. The van der Waals surface area contributed by atoms with Gasteiger partial charge in [-0.05, 0) is 51.2 Å². The molecule has 0 bridgehead atoms. The van der Waals surface area contributed by atoms with Crippen molar-refractivity contribution in [2.75, 3.05) is 13.1 Å². The number of ether oxygens (including phenoxy) is 1. The van der Waals surface area contributed by atoms with Gasteiger partial charge in [-0.2, -0.15) is 0 Å². The summed E-state index contributed by atoms with van der Waals surface area (Å²) in [5, 5.41) is 12.3. The van der Waals surface area contributed by atoms with E-state index < -0.39 is 5.60 Å². The van der Waals surface area contributed by atoms with Crippen molar-refractivity contribution in [2.24, 2.45) is 5.92 Å². The van der Waals surface area contributed by atoms with Gasteiger partial charge in [0.15, 0.2) is 0 Å². The van der Waals surface area contributed by atoms with Gasteiger partial charge in [0.05, 0.1) is 10.4 Å². The Morgan fingerprint density at radius 1 is 1.30 bits per heavy atom.